The van der Waals surface area contributed by atoms with E-state index in [-0.39, 0.29) is 11.8 Å². The lowest BCUT2D eigenvalue weighted by Gasteiger charge is -2.18. The fourth-order valence-electron chi connectivity index (χ4n) is 2.53. The van der Waals surface area contributed by atoms with Crippen molar-refractivity contribution in [2.75, 3.05) is 36.5 Å². The normalized spacial score (nSPS) is 10.4. The van der Waals surface area contributed by atoms with E-state index in [0.717, 1.165) is 5.75 Å². The maximum absolute atomic E-state index is 12.3. The van der Waals surface area contributed by atoms with E-state index in [9.17, 15) is 9.59 Å². The molecule has 5 nitrogen and oxygen atoms in total. The number of ether oxygens (including phenoxy) is 1. The van der Waals surface area contributed by atoms with Crippen LogP contribution < -0.4 is 10.1 Å². The molecule has 1 N–H and O–H groups in total. The average molecular weight is 421 g/mol. The Morgan fingerprint density at radius 2 is 1.82 bits per heavy atom. The number of halogens is 1. The molecule has 0 bridgehead atoms. The van der Waals surface area contributed by atoms with Crippen LogP contribution in [0.2, 0.25) is 5.02 Å². The van der Waals surface area contributed by atoms with Crippen LogP contribution >= 0.6 is 23.4 Å². The second-order valence-electron chi connectivity index (χ2n) is 5.96. The number of carbonyl (C=O) groups is 2. The van der Waals surface area contributed by atoms with Crippen LogP contribution in [0.25, 0.3) is 0 Å². The van der Waals surface area contributed by atoms with Gasteiger partial charge in [0.15, 0.2) is 0 Å². The van der Waals surface area contributed by atoms with Crippen molar-refractivity contribution < 1.29 is 14.3 Å². The van der Waals surface area contributed by atoms with Gasteiger partial charge in [0, 0.05) is 35.1 Å². The summed E-state index contributed by atoms with van der Waals surface area (Å²) in [5.41, 5.74) is 1.30. The maximum atomic E-state index is 12.3. The van der Waals surface area contributed by atoms with Crippen LogP contribution in [-0.2, 0) is 4.79 Å². The zero-order valence-electron chi connectivity index (χ0n) is 16.1. The lowest BCUT2D eigenvalue weighted by molar-refractivity contribution is -0.113. The van der Waals surface area contributed by atoms with Crippen LogP contribution in [0.15, 0.2) is 48.5 Å². The smallest absolute Gasteiger partial charge is 0.253 e. The number of hydrogen-bond acceptors (Lipinski definition) is 4. The van der Waals surface area contributed by atoms with Crippen molar-refractivity contribution >= 4 is 40.9 Å². The molecule has 0 aliphatic rings. The summed E-state index contributed by atoms with van der Waals surface area (Å²) in [5.74, 6) is 1.65. The van der Waals surface area contributed by atoms with E-state index >= 15 is 0 Å². The van der Waals surface area contributed by atoms with Crippen LogP contribution in [0.4, 0.5) is 5.69 Å². The van der Waals surface area contributed by atoms with Gasteiger partial charge in [-0.25, -0.2) is 0 Å². The predicted molar refractivity (Wildman–Crippen MR) is 117 cm³/mol. The molecule has 0 saturated carbocycles. The molecule has 0 radical (unpaired) electrons. The Morgan fingerprint density at radius 1 is 1.11 bits per heavy atom. The highest BCUT2D eigenvalue weighted by molar-refractivity contribution is 7.99. The summed E-state index contributed by atoms with van der Waals surface area (Å²) in [7, 11) is 0. The zero-order chi connectivity index (χ0) is 20.4. The van der Waals surface area contributed by atoms with Gasteiger partial charge < -0.3 is 15.0 Å². The van der Waals surface area contributed by atoms with Crippen molar-refractivity contribution in [1.82, 2.24) is 4.90 Å². The molecule has 0 atom stereocenters. The van der Waals surface area contributed by atoms with Crippen LogP contribution in [0.1, 0.15) is 24.2 Å². The van der Waals surface area contributed by atoms with Crippen molar-refractivity contribution in [3.05, 3.63) is 59.1 Å². The monoisotopic (exact) mass is 420 g/mol. The molecular weight excluding hydrogens is 396 g/mol. The zero-order valence-corrected chi connectivity index (χ0v) is 17.7. The number of thioether (sulfide) groups is 1. The molecule has 7 heteroatoms. The molecule has 0 heterocycles. The van der Waals surface area contributed by atoms with E-state index in [4.69, 9.17) is 16.3 Å². The Morgan fingerprint density at radius 3 is 2.46 bits per heavy atom. The number of nitrogens with zero attached hydrogens (tertiary/aromatic N) is 1. The number of amides is 2. The number of anilines is 1. The van der Waals surface area contributed by atoms with Gasteiger partial charge in [0.2, 0.25) is 5.91 Å². The highest BCUT2D eigenvalue weighted by Crippen LogP contribution is 2.17. The minimum Gasteiger partial charge on any atom is -0.493 e. The number of hydrogen-bond donors (Lipinski definition) is 1. The molecule has 28 heavy (non-hydrogen) atoms. The molecule has 2 aromatic rings. The van der Waals surface area contributed by atoms with Crippen LogP contribution in [0.5, 0.6) is 5.75 Å². The van der Waals surface area contributed by atoms with E-state index in [1.807, 2.05) is 26.0 Å². The Hall–Kier alpha value is -2.18. The molecule has 0 saturated heterocycles. The minimum absolute atomic E-state index is 0.00173. The van der Waals surface area contributed by atoms with E-state index in [1.165, 1.54) is 11.8 Å². The fraction of sp³-hybridized carbons (Fsp3) is 0.333. The van der Waals surface area contributed by atoms with Gasteiger partial charge in [-0.05, 0) is 56.3 Å². The Balaban J connectivity index is 1.70. The lowest BCUT2D eigenvalue weighted by Crippen LogP contribution is -2.30. The molecule has 0 spiro atoms. The maximum Gasteiger partial charge on any atom is 0.253 e. The summed E-state index contributed by atoms with van der Waals surface area (Å²) in [6.45, 7) is 5.75. The predicted octanol–water partition coefficient (Wildman–Crippen LogP) is 4.57. The van der Waals surface area contributed by atoms with Gasteiger partial charge in [0.05, 0.1) is 12.4 Å². The third kappa shape index (κ3) is 7.09. The first-order valence-electron chi connectivity index (χ1n) is 9.18. The highest BCUT2D eigenvalue weighted by atomic mass is 35.5. The number of benzene rings is 2. The van der Waals surface area contributed by atoms with E-state index in [2.05, 4.69) is 5.32 Å². The third-order valence-electron chi connectivity index (χ3n) is 3.99. The quantitative estimate of drug-likeness (QED) is 0.572. The van der Waals surface area contributed by atoms with Crippen LogP contribution in [0, 0.1) is 0 Å². The molecule has 2 aromatic carbocycles. The van der Waals surface area contributed by atoms with Gasteiger partial charge in [0.25, 0.3) is 5.91 Å². The SMILES string of the molecule is CCN(CC)C(=O)c1ccc(NC(=O)CSCCOc2cccc(Cl)c2)cc1. The molecule has 0 aliphatic carbocycles. The lowest BCUT2D eigenvalue weighted by atomic mass is 10.2. The van der Waals surface area contributed by atoms with Crippen molar-refractivity contribution in [3.8, 4) is 5.75 Å². The van der Waals surface area contributed by atoms with Crippen LogP contribution in [0.3, 0.4) is 0 Å². The first kappa shape index (κ1) is 22.1. The second-order valence-corrected chi connectivity index (χ2v) is 7.50. The fourth-order valence-corrected chi connectivity index (χ4v) is 3.31. The molecule has 150 valence electrons. The van der Waals surface area contributed by atoms with E-state index < -0.39 is 0 Å². The second kappa shape index (κ2) is 11.6. The third-order valence-corrected chi connectivity index (χ3v) is 5.15. The molecule has 0 aromatic heterocycles. The summed E-state index contributed by atoms with van der Waals surface area (Å²) < 4.78 is 5.59. The number of rotatable bonds is 10. The number of nitrogens with one attached hydrogen (secondary N) is 1. The summed E-state index contributed by atoms with van der Waals surface area (Å²) in [5, 5.41) is 3.47. The summed E-state index contributed by atoms with van der Waals surface area (Å²) in [6.07, 6.45) is 0. The van der Waals surface area contributed by atoms with Gasteiger partial charge >= 0.3 is 0 Å². The summed E-state index contributed by atoms with van der Waals surface area (Å²) in [6, 6.07) is 14.2. The van der Waals surface area contributed by atoms with Crippen LogP contribution in [-0.4, -0.2) is 47.9 Å². The first-order valence-corrected chi connectivity index (χ1v) is 10.7. The van der Waals surface area contributed by atoms with E-state index in [0.29, 0.717) is 47.5 Å². The van der Waals surface area contributed by atoms with Crippen molar-refractivity contribution in [3.63, 3.8) is 0 Å². The largest absolute Gasteiger partial charge is 0.493 e. The van der Waals surface area contributed by atoms with Gasteiger partial charge in [0.1, 0.15) is 5.75 Å². The van der Waals surface area contributed by atoms with E-state index in [1.54, 1.807) is 41.3 Å². The topological polar surface area (TPSA) is 58.6 Å². The standard InChI is InChI=1S/C21H25ClN2O3S/c1-3-24(4-2)21(26)16-8-10-18(11-9-16)23-20(25)15-28-13-12-27-19-7-5-6-17(22)14-19/h5-11,14H,3-4,12-13,15H2,1-2H3,(H,23,25). The average Bonchev–Trinajstić information content (AvgIpc) is 2.69. The molecule has 2 amide bonds. The first-order chi connectivity index (χ1) is 13.5. The minimum atomic E-state index is -0.0874. The Kier molecular flexibility index (Phi) is 9.17. The van der Waals surface area contributed by atoms with Gasteiger partial charge in [-0.3, -0.25) is 9.59 Å². The van der Waals surface area contributed by atoms with Crippen molar-refractivity contribution in [2.45, 2.75) is 13.8 Å². The highest BCUT2D eigenvalue weighted by Gasteiger charge is 2.12. The Labute approximate surface area is 175 Å². The number of carbonyl (C=O) groups excluding carboxylic acids is 2. The molecule has 0 fully saturated rings. The van der Waals surface area contributed by atoms with Crippen molar-refractivity contribution in [1.29, 1.82) is 0 Å². The van der Waals surface area contributed by atoms with Gasteiger partial charge in [-0.1, -0.05) is 17.7 Å². The molecule has 0 aliphatic heterocycles. The van der Waals surface area contributed by atoms with Gasteiger partial charge in [-0.2, -0.15) is 0 Å². The summed E-state index contributed by atoms with van der Waals surface area (Å²) >= 11 is 7.39. The molecular formula is C21H25ClN2O3S. The molecule has 2 rings (SSSR count). The summed E-state index contributed by atoms with van der Waals surface area (Å²) in [4.78, 5) is 26.1. The Bertz CT molecular complexity index is 779. The van der Waals surface area contributed by atoms with Crippen molar-refractivity contribution in [2.24, 2.45) is 0 Å². The molecule has 0 unspecified atom stereocenters. The van der Waals surface area contributed by atoms with Gasteiger partial charge in [-0.15, -0.1) is 11.8 Å².